The first kappa shape index (κ1) is 24.9. The van der Waals surface area contributed by atoms with E-state index in [4.69, 9.17) is 9.90 Å². The minimum Gasteiger partial charge on any atom is -0.475 e. The van der Waals surface area contributed by atoms with Gasteiger partial charge in [-0.1, -0.05) is 12.1 Å². The van der Waals surface area contributed by atoms with Gasteiger partial charge >= 0.3 is 12.1 Å². The molecule has 1 saturated heterocycles. The van der Waals surface area contributed by atoms with Gasteiger partial charge in [0.2, 0.25) is 0 Å². The molecule has 1 N–H and O–H groups in total. The number of aryl methyl sites for hydroxylation is 1. The van der Waals surface area contributed by atoms with Crippen molar-refractivity contribution in [3.8, 4) is 0 Å². The number of nitrogens with zero attached hydrogens (tertiary/aromatic N) is 3. The van der Waals surface area contributed by atoms with Crippen molar-refractivity contribution in [3.05, 3.63) is 81.6 Å². The lowest BCUT2D eigenvalue weighted by molar-refractivity contribution is -0.192. The summed E-state index contributed by atoms with van der Waals surface area (Å²) in [5, 5.41) is 7.12. The van der Waals surface area contributed by atoms with Gasteiger partial charge in [-0.25, -0.2) is 9.18 Å². The zero-order chi connectivity index (χ0) is 25.3. The molecule has 0 bridgehead atoms. The van der Waals surface area contributed by atoms with E-state index in [0.717, 1.165) is 30.9 Å². The molecule has 4 heterocycles. The number of carbonyl (C=O) groups is 2. The number of aliphatic carboxylic acids is 1. The summed E-state index contributed by atoms with van der Waals surface area (Å²) in [6, 6.07) is 15.1. The number of carboxylic acid groups (broad SMARTS) is 1. The van der Waals surface area contributed by atoms with Crippen LogP contribution in [-0.4, -0.2) is 56.7 Å². The predicted molar refractivity (Wildman–Crippen MR) is 122 cm³/mol. The molecule has 2 aliphatic heterocycles. The normalized spacial score (nSPS) is 19.7. The van der Waals surface area contributed by atoms with Gasteiger partial charge in [-0.3, -0.25) is 9.69 Å². The molecule has 35 heavy (non-hydrogen) atoms. The van der Waals surface area contributed by atoms with E-state index in [1.807, 2.05) is 34.6 Å². The van der Waals surface area contributed by atoms with Crippen LogP contribution in [-0.2, 0) is 17.9 Å². The maximum atomic E-state index is 13.3. The van der Waals surface area contributed by atoms with Gasteiger partial charge in [0.05, 0.1) is 12.1 Å². The Morgan fingerprint density at radius 2 is 1.71 bits per heavy atom. The van der Waals surface area contributed by atoms with E-state index in [1.165, 1.54) is 21.9 Å². The summed E-state index contributed by atoms with van der Waals surface area (Å²) in [6.07, 6.45) is -3.06. The lowest BCUT2D eigenvalue weighted by atomic mass is 10.0. The van der Waals surface area contributed by atoms with Gasteiger partial charge in [0.1, 0.15) is 11.5 Å². The molecule has 1 fully saturated rings. The minimum atomic E-state index is -5.08. The number of benzene rings is 1. The average Bonchev–Trinajstić information content (AvgIpc) is 3.52. The standard InChI is InChI=1S/C22H22FN3OS.C2HF3O2/c1-15-4-9-18(28-15)12-24-13-20-21(14-24)26(11-16-5-7-17(23)8-6-16)22(27)19-3-2-10-25(19)20;3-2(4,5)1(6)7/h2-10,20-21H,11-14H2,1H3;(H,6,7). The molecule has 1 aromatic carbocycles. The lowest BCUT2D eigenvalue weighted by Gasteiger charge is -2.38. The van der Waals surface area contributed by atoms with Crippen LogP contribution < -0.4 is 0 Å². The number of likely N-dealkylation sites (tertiary alicyclic amines) is 1. The van der Waals surface area contributed by atoms with E-state index in [9.17, 15) is 22.4 Å². The van der Waals surface area contributed by atoms with Gasteiger partial charge in [0.25, 0.3) is 5.91 Å². The molecule has 6 nitrogen and oxygen atoms in total. The molecule has 0 aliphatic carbocycles. The maximum Gasteiger partial charge on any atom is 0.490 e. The second-order valence-corrected chi connectivity index (χ2v) is 9.88. The predicted octanol–water partition coefficient (Wildman–Crippen LogP) is 4.71. The fourth-order valence-corrected chi connectivity index (χ4v) is 5.42. The molecular weight excluding hydrogens is 486 g/mol. The van der Waals surface area contributed by atoms with Crippen LogP contribution in [0.25, 0.3) is 0 Å². The van der Waals surface area contributed by atoms with Gasteiger partial charge in [-0.05, 0) is 48.9 Å². The Kier molecular flexibility index (Phi) is 7.00. The summed E-state index contributed by atoms with van der Waals surface area (Å²) in [6.45, 7) is 5.34. The van der Waals surface area contributed by atoms with Gasteiger partial charge in [-0.15, -0.1) is 11.3 Å². The average molecular weight is 510 g/mol. The van der Waals surface area contributed by atoms with Crippen molar-refractivity contribution in [1.29, 1.82) is 0 Å². The molecule has 0 spiro atoms. The third-order valence-electron chi connectivity index (χ3n) is 6.04. The van der Waals surface area contributed by atoms with E-state index in [0.29, 0.717) is 6.54 Å². The number of alkyl halides is 3. The first-order valence-electron chi connectivity index (χ1n) is 10.8. The second-order valence-electron chi connectivity index (χ2n) is 8.50. The van der Waals surface area contributed by atoms with E-state index in [1.54, 1.807) is 12.1 Å². The molecule has 1 amide bonds. The minimum absolute atomic E-state index is 0.0596. The zero-order valence-corrected chi connectivity index (χ0v) is 19.5. The fourth-order valence-electron chi connectivity index (χ4n) is 4.48. The van der Waals surface area contributed by atoms with Gasteiger partial charge in [0.15, 0.2) is 0 Å². The smallest absolute Gasteiger partial charge is 0.475 e. The van der Waals surface area contributed by atoms with E-state index < -0.39 is 12.1 Å². The van der Waals surface area contributed by atoms with E-state index in [2.05, 4.69) is 28.5 Å². The highest BCUT2D eigenvalue weighted by molar-refractivity contribution is 7.11. The molecule has 186 valence electrons. The van der Waals surface area contributed by atoms with Crippen molar-refractivity contribution in [2.24, 2.45) is 0 Å². The van der Waals surface area contributed by atoms with Crippen molar-refractivity contribution in [3.63, 3.8) is 0 Å². The molecule has 2 atom stereocenters. The molecule has 0 radical (unpaired) electrons. The summed E-state index contributed by atoms with van der Waals surface area (Å²) in [5.41, 5.74) is 1.71. The molecule has 5 rings (SSSR count). The Bertz CT molecular complexity index is 1210. The third-order valence-corrected chi connectivity index (χ3v) is 7.02. The Balaban J connectivity index is 0.000000364. The Morgan fingerprint density at radius 1 is 1.06 bits per heavy atom. The van der Waals surface area contributed by atoms with Gasteiger partial charge < -0.3 is 14.6 Å². The van der Waals surface area contributed by atoms with Crippen LogP contribution >= 0.6 is 11.3 Å². The molecule has 2 aromatic heterocycles. The number of aromatic nitrogens is 1. The quantitative estimate of drug-likeness (QED) is 0.518. The Hall–Kier alpha value is -3.18. The number of halogens is 4. The lowest BCUT2D eigenvalue weighted by Crippen LogP contribution is -2.49. The zero-order valence-electron chi connectivity index (χ0n) is 18.7. The summed E-state index contributed by atoms with van der Waals surface area (Å²) in [7, 11) is 0. The molecular formula is C24H23F4N3O3S. The second kappa shape index (κ2) is 9.82. The van der Waals surface area contributed by atoms with Crippen LogP contribution in [0, 0.1) is 12.7 Å². The molecule has 2 aliphatic rings. The summed E-state index contributed by atoms with van der Waals surface area (Å²) in [4.78, 5) is 29.2. The summed E-state index contributed by atoms with van der Waals surface area (Å²) < 4.78 is 47.2. The number of carbonyl (C=O) groups excluding carboxylic acids is 1. The maximum absolute atomic E-state index is 13.3. The number of thiophene rings is 1. The summed E-state index contributed by atoms with van der Waals surface area (Å²) in [5.74, 6) is -2.95. The topological polar surface area (TPSA) is 65.8 Å². The van der Waals surface area contributed by atoms with Crippen molar-refractivity contribution >= 4 is 23.2 Å². The van der Waals surface area contributed by atoms with Crippen LogP contribution in [0.4, 0.5) is 17.6 Å². The number of rotatable bonds is 4. The highest BCUT2D eigenvalue weighted by Gasteiger charge is 2.44. The monoisotopic (exact) mass is 509 g/mol. The van der Waals surface area contributed by atoms with Crippen LogP contribution in [0.2, 0.25) is 0 Å². The van der Waals surface area contributed by atoms with Crippen molar-refractivity contribution in [1.82, 2.24) is 14.4 Å². The summed E-state index contributed by atoms with van der Waals surface area (Å²) >= 11 is 1.84. The molecule has 0 saturated carbocycles. The fraction of sp³-hybridized carbons (Fsp3) is 0.333. The van der Waals surface area contributed by atoms with E-state index >= 15 is 0 Å². The third kappa shape index (κ3) is 5.57. The number of hydrogen-bond acceptors (Lipinski definition) is 4. The Morgan fingerprint density at radius 3 is 2.31 bits per heavy atom. The first-order valence-corrected chi connectivity index (χ1v) is 11.6. The van der Waals surface area contributed by atoms with Crippen molar-refractivity contribution in [2.45, 2.75) is 38.3 Å². The van der Waals surface area contributed by atoms with Gasteiger partial charge in [-0.2, -0.15) is 13.2 Å². The molecule has 2 unspecified atom stereocenters. The highest BCUT2D eigenvalue weighted by Crippen LogP contribution is 2.35. The van der Waals surface area contributed by atoms with Crippen LogP contribution in [0.15, 0.2) is 54.7 Å². The SMILES string of the molecule is Cc1ccc(CN2CC3C(C2)n2cccc2C(=O)N3Cc2ccc(F)cc2)s1.O=C(O)C(F)(F)F. The van der Waals surface area contributed by atoms with Crippen LogP contribution in [0.1, 0.15) is 31.8 Å². The van der Waals surface area contributed by atoms with Gasteiger partial charge in [0, 0.05) is 42.1 Å². The molecule has 3 aromatic rings. The first-order chi connectivity index (χ1) is 16.5. The van der Waals surface area contributed by atoms with Crippen molar-refractivity contribution < 1.29 is 32.3 Å². The largest absolute Gasteiger partial charge is 0.490 e. The Labute approximate surface area is 203 Å². The van der Waals surface area contributed by atoms with E-state index in [-0.39, 0.29) is 23.8 Å². The van der Waals surface area contributed by atoms with Crippen LogP contribution in [0.5, 0.6) is 0 Å². The number of hydrogen-bond donors (Lipinski definition) is 1. The van der Waals surface area contributed by atoms with Crippen LogP contribution in [0.3, 0.4) is 0 Å². The number of fused-ring (bicyclic) bond motifs is 3. The number of carboxylic acids is 1. The number of amides is 1. The highest BCUT2D eigenvalue weighted by atomic mass is 32.1. The van der Waals surface area contributed by atoms with Crippen molar-refractivity contribution in [2.75, 3.05) is 13.1 Å². The molecule has 11 heteroatoms.